The van der Waals surface area contributed by atoms with Crippen molar-refractivity contribution < 1.29 is 23.4 Å². The van der Waals surface area contributed by atoms with Crippen molar-refractivity contribution in [2.75, 3.05) is 6.61 Å². The molecule has 3 N–H and O–H groups in total. The van der Waals surface area contributed by atoms with Crippen LogP contribution in [-0.2, 0) is 10.0 Å². The van der Waals surface area contributed by atoms with Crippen molar-refractivity contribution in [2.45, 2.75) is 43.0 Å². The second-order valence-electron chi connectivity index (χ2n) is 5.65. The number of carboxylic acids is 1. The van der Waals surface area contributed by atoms with Gasteiger partial charge in [-0.15, -0.1) is 11.3 Å². The molecule has 1 aromatic heterocycles. The Morgan fingerprint density at radius 1 is 1.48 bits per heavy atom. The summed E-state index contributed by atoms with van der Waals surface area (Å²) in [6, 6.07) is 1.28. The summed E-state index contributed by atoms with van der Waals surface area (Å²) in [7, 11) is -3.96. The zero-order valence-corrected chi connectivity index (χ0v) is 13.3. The smallest absolute Gasteiger partial charge is 0.347 e. The maximum absolute atomic E-state index is 12.5. The Morgan fingerprint density at radius 3 is 2.62 bits per heavy atom. The van der Waals surface area contributed by atoms with Crippen LogP contribution < -0.4 is 4.72 Å². The minimum Gasteiger partial charge on any atom is -0.477 e. The van der Waals surface area contributed by atoms with Crippen molar-refractivity contribution in [2.24, 2.45) is 5.92 Å². The third-order valence-corrected chi connectivity index (χ3v) is 6.65. The molecule has 118 valence electrons. The van der Waals surface area contributed by atoms with Gasteiger partial charge in [0.25, 0.3) is 0 Å². The Balaban J connectivity index is 2.28. The lowest BCUT2D eigenvalue weighted by Gasteiger charge is -2.38. The molecule has 1 aliphatic carbocycles. The zero-order valence-electron chi connectivity index (χ0n) is 11.7. The van der Waals surface area contributed by atoms with Gasteiger partial charge in [-0.25, -0.2) is 17.9 Å². The van der Waals surface area contributed by atoms with E-state index in [1.165, 1.54) is 11.4 Å². The third kappa shape index (κ3) is 3.45. The molecular weight excluding hydrogens is 314 g/mol. The van der Waals surface area contributed by atoms with E-state index in [-0.39, 0.29) is 16.4 Å². The van der Waals surface area contributed by atoms with E-state index in [9.17, 15) is 18.3 Å². The fourth-order valence-corrected chi connectivity index (χ4v) is 5.32. The summed E-state index contributed by atoms with van der Waals surface area (Å²) in [4.78, 5) is 10.6. The van der Waals surface area contributed by atoms with E-state index in [1.54, 1.807) is 0 Å². The molecule has 8 heteroatoms. The number of aliphatic hydroxyl groups is 1. The van der Waals surface area contributed by atoms with Gasteiger partial charge in [-0.3, -0.25) is 0 Å². The molecule has 0 unspecified atom stereocenters. The van der Waals surface area contributed by atoms with Gasteiger partial charge in [0.2, 0.25) is 10.0 Å². The van der Waals surface area contributed by atoms with Gasteiger partial charge in [0, 0.05) is 0 Å². The number of thiophene rings is 1. The first-order valence-electron chi connectivity index (χ1n) is 6.75. The van der Waals surface area contributed by atoms with E-state index < -0.39 is 21.5 Å². The first-order valence-corrected chi connectivity index (χ1v) is 9.11. The van der Waals surface area contributed by atoms with Crippen LogP contribution in [0.5, 0.6) is 0 Å². The average molecular weight is 333 g/mol. The van der Waals surface area contributed by atoms with E-state index in [0.29, 0.717) is 18.8 Å². The summed E-state index contributed by atoms with van der Waals surface area (Å²) < 4.78 is 27.4. The molecule has 2 rings (SSSR count). The van der Waals surface area contributed by atoms with Crippen LogP contribution in [0.4, 0.5) is 0 Å². The standard InChI is InChI=1S/C13H19NO5S2/c1-9-2-5-13(8-15,6-3-9)14-21(18,19)10-4-7-20-11(10)12(16)17/h4,7,9,14-15H,2-3,5-6,8H2,1H3,(H,16,17). The summed E-state index contributed by atoms with van der Waals surface area (Å²) in [5.41, 5.74) is -0.886. The number of rotatable bonds is 5. The summed E-state index contributed by atoms with van der Waals surface area (Å²) in [6.45, 7) is 1.81. The van der Waals surface area contributed by atoms with Gasteiger partial charge in [0.05, 0.1) is 12.1 Å². The number of carbonyl (C=O) groups is 1. The van der Waals surface area contributed by atoms with Crippen LogP contribution in [0, 0.1) is 5.92 Å². The highest BCUT2D eigenvalue weighted by Crippen LogP contribution is 2.33. The van der Waals surface area contributed by atoms with E-state index in [2.05, 4.69) is 11.6 Å². The van der Waals surface area contributed by atoms with Crippen LogP contribution in [0.1, 0.15) is 42.3 Å². The maximum Gasteiger partial charge on any atom is 0.347 e. The van der Waals surface area contributed by atoms with Crippen molar-refractivity contribution in [3.63, 3.8) is 0 Å². The molecular formula is C13H19NO5S2. The van der Waals surface area contributed by atoms with Gasteiger partial charge in [-0.1, -0.05) is 6.92 Å². The summed E-state index contributed by atoms with van der Waals surface area (Å²) in [6.07, 6.45) is 2.77. The molecule has 0 radical (unpaired) electrons. The number of carboxylic acid groups (broad SMARTS) is 1. The largest absolute Gasteiger partial charge is 0.477 e. The number of nitrogens with one attached hydrogen (secondary N) is 1. The molecule has 1 aliphatic rings. The summed E-state index contributed by atoms with van der Waals surface area (Å²) in [5.74, 6) is -0.759. The molecule has 1 heterocycles. The number of aromatic carboxylic acids is 1. The molecule has 0 atom stereocenters. The molecule has 0 aliphatic heterocycles. The topological polar surface area (TPSA) is 104 Å². The van der Waals surface area contributed by atoms with Crippen molar-refractivity contribution in [3.05, 3.63) is 16.3 Å². The first kappa shape index (κ1) is 16.4. The molecule has 21 heavy (non-hydrogen) atoms. The number of aliphatic hydroxyl groups excluding tert-OH is 1. The Bertz CT molecular complexity index is 614. The molecule has 1 saturated carbocycles. The normalized spacial score (nSPS) is 26.7. The molecule has 6 nitrogen and oxygen atoms in total. The molecule has 0 saturated heterocycles. The third-order valence-electron chi connectivity index (χ3n) is 4.00. The van der Waals surface area contributed by atoms with E-state index in [4.69, 9.17) is 5.11 Å². The van der Waals surface area contributed by atoms with Crippen molar-refractivity contribution in [1.29, 1.82) is 0 Å². The lowest BCUT2D eigenvalue weighted by molar-refractivity contribution is 0.0698. The van der Waals surface area contributed by atoms with Crippen molar-refractivity contribution in [3.8, 4) is 0 Å². The van der Waals surface area contributed by atoms with Gasteiger partial charge in [0.1, 0.15) is 9.77 Å². The molecule has 0 amide bonds. The van der Waals surface area contributed by atoms with Gasteiger partial charge in [0.15, 0.2) is 0 Å². The Kier molecular flexibility index (Phi) is 4.72. The van der Waals surface area contributed by atoms with Gasteiger partial charge >= 0.3 is 5.97 Å². The molecule has 0 spiro atoms. The molecule has 1 aromatic rings. The molecule has 0 aromatic carbocycles. The minimum atomic E-state index is -3.96. The Hall–Kier alpha value is -0.960. The highest BCUT2D eigenvalue weighted by atomic mass is 32.2. The quantitative estimate of drug-likeness (QED) is 0.760. The van der Waals surface area contributed by atoms with Crippen LogP contribution in [0.3, 0.4) is 0 Å². The lowest BCUT2D eigenvalue weighted by Crippen LogP contribution is -2.53. The summed E-state index contributed by atoms with van der Waals surface area (Å²) in [5, 5.41) is 20.1. The Morgan fingerprint density at radius 2 is 2.10 bits per heavy atom. The van der Waals surface area contributed by atoms with Crippen LogP contribution in [0.25, 0.3) is 0 Å². The van der Waals surface area contributed by atoms with Crippen LogP contribution in [-0.4, -0.2) is 36.7 Å². The van der Waals surface area contributed by atoms with Gasteiger partial charge in [-0.2, -0.15) is 0 Å². The van der Waals surface area contributed by atoms with Gasteiger partial charge < -0.3 is 10.2 Å². The van der Waals surface area contributed by atoms with Crippen molar-refractivity contribution >= 4 is 27.3 Å². The van der Waals surface area contributed by atoms with Crippen molar-refractivity contribution in [1.82, 2.24) is 4.72 Å². The minimum absolute atomic E-state index is 0.209. The van der Waals surface area contributed by atoms with Crippen LogP contribution in [0.15, 0.2) is 16.3 Å². The highest BCUT2D eigenvalue weighted by molar-refractivity contribution is 7.89. The molecule has 1 fully saturated rings. The Labute approximate surface area is 127 Å². The number of hydrogen-bond acceptors (Lipinski definition) is 5. The second kappa shape index (κ2) is 6.04. The monoisotopic (exact) mass is 333 g/mol. The average Bonchev–Trinajstić information content (AvgIpc) is 2.92. The van der Waals surface area contributed by atoms with E-state index in [0.717, 1.165) is 24.2 Å². The predicted molar refractivity (Wildman–Crippen MR) is 79.0 cm³/mol. The maximum atomic E-state index is 12.5. The summed E-state index contributed by atoms with van der Waals surface area (Å²) >= 11 is 0.872. The van der Waals surface area contributed by atoms with Crippen LogP contribution in [0.2, 0.25) is 0 Å². The fourth-order valence-electron chi connectivity index (χ4n) is 2.61. The second-order valence-corrected chi connectivity index (χ2v) is 8.21. The molecule has 0 bridgehead atoms. The predicted octanol–water partition coefficient (Wildman–Crippen LogP) is 1.67. The van der Waals surface area contributed by atoms with E-state index in [1.807, 2.05) is 0 Å². The van der Waals surface area contributed by atoms with Crippen LogP contribution >= 0.6 is 11.3 Å². The first-order chi connectivity index (χ1) is 9.80. The number of sulfonamides is 1. The highest BCUT2D eigenvalue weighted by Gasteiger charge is 2.38. The lowest BCUT2D eigenvalue weighted by atomic mass is 9.78. The zero-order chi connectivity index (χ0) is 15.7. The fraction of sp³-hybridized carbons (Fsp3) is 0.615. The SMILES string of the molecule is CC1CCC(CO)(NS(=O)(=O)c2ccsc2C(=O)O)CC1. The number of hydrogen-bond donors (Lipinski definition) is 3. The van der Waals surface area contributed by atoms with Gasteiger partial charge in [-0.05, 0) is 43.0 Å². The van der Waals surface area contributed by atoms with E-state index >= 15 is 0 Å².